The SMILES string of the molecule is CO/C=C(/Oc1ccc(Cl)c(COC(C)=O)c1C(=O)O)C(=O)OC. The van der Waals surface area contributed by atoms with Crippen LogP contribution < -0.4 is 4.74 Å². The lowest BCUT2D eigenvalue weighted by Crippen LogP contribution is -2.15. The third-order valence-corrected chi connectivity index (χ3v) is 3.04. The summed E-state index contributed by atoms with van der Waals surface area (Å²) in [5.41, 5.74) is -0.326. The summed E-state index contributed by atoms with van der Waals surface area (Å²) in [7, 11) is 2.40. The number of carboxylic acids is 1. The van der Waals surface area contributed by atoms with Gasteiger partial charge in [0.05, 0.1) is 14.2 Å². The van der Waals surface area contributed by atoms with Gasteiger partial charge in [0.2, 0.25) is 5.76 Å². The van der Waals surface area contributed by atoms with Gasteiger partial charge in [-0.3, -0.25) is 4.79 Å². The molecule has 0 aliphatic heterocycles. The largest absolute Gasteiger partial charge is 0.500 e. The molecule has 0 saturated carbocycles. The molecule has 9 heteroatoms. The first-order valence-electron chi connectivity index (χ1n) is 6.49. The average molecular weight is 359 g/mol. The van der Waals surface area contributed by atoms with Crippen molar-refractivity contribution in [2.24, 2.45) is 0 Å². The molecule has 1 N–H and O–H groups in total. The fraction of sp³-hybridized carbons (Fsp3) is 0.267. The lowest BCUT2D eigenvalue weighted by Gasteiger charge is -2.14. The van der Waals surface area contributed by atoms with Gasteiger partial charge in [0.15, 0.2) is 0 Å². The van der Waals surface area contributed by atoms with E-state index in [1.54, 1.807) is 0 Å². The molecule has 8 nitrogen and oxygen atoms in total. The molecule has 0 unspecified atom stereocenters. The summed E-state index contributed by atoms with van der Waals surface area (Å²) < 4.78 is 19.3. The number of benzene rings is 1. The Bertz CT molecular complexity index is 680. The molecule has 0 bridgehead atoms. The predicted octanol–water partition coefficient (Wildman–Crippen LogP) is 2.14. The first-order chi connectivity index (χ1) is 11.3. The number of carbonyl (C=O) groups is 3. The summed E-state index contributed by atoms with van der Waals surface area (Å²) in [5, 5.41) is 9.49. The Labute approximate surface area is 142 Å². The van der Waals surface area contributed by atoms with Gasteiger partial charge in [-0.1, -0.05) is 11.6 Å². The minimum absolute atomic E-state index is 0.0264. The number of carboxylic acid groups (broad SMARTS) is 1. The van der Waals surface area contributed by atoms with Crippen LogP contribution in [-0.4, -0.2) is 37.2 Å². The van der Waals surface area contributed by atoms with Gasteiger partial charge in [0.25, 0.3) is 0 Å². The third kappa shape index (κ3) is 4.88. The monoisotopic (exact) mass is 358 g/mol. The molecule has 0 atom stereocenters. The Morgan fingerprint density at radius 1 is 1.25 bits per heavy atom. The molecule has 0 saturated heterocycles. The summed E-state index contributed by atoms with van der Waals surface area (Å²) in [5.74, 6) is -3.42. The van der Waals surface area contributed by atoms with E-state index in [1.165, 1.54) is 26.2 Å². The van der Waals surface area contributed by atoms with Crippen LogP contribution in [0.5, 0.6) is 5.75 Å². The second-order valence-corrected chi connectivity index (χ2v) is 4.70. The zero-order valence-electron chi connectivity index (χ0n) is 13.1. The van der Waals surface area contributed by atoms with Gasteiger partial charge >= 0.3 is 17.9 Å². The number of ether oxygens (including phenoxy) is 4. The smallest absolute Gasteiger partial charge is 0.377 e. The summed E-state index contributed by atoms with van der Waals surface area (Å²) in [6, 6.07) is 2.61. The Morgan fingerprint density at radius 2 is 1.92 bits per heavy atom. The van der Waals surface area contributed by atoms with E-state index >= 15 is 0 Å². The van der Waals surface area contributed by atoms with Crippen molar-refractivity contribution in [1.82, 2.24) is 0 Å². The summed E-state index contributed by atoms with van der Waals surface area (Å²) >= 11 is 5.98. The van der Waals surface area contributed by atoms with Crippen LogP contribution in [0, 0.1) is 0 Å². The van der Waals surface area contributed by atoms with Crippen LogP contribution in [0.3, 0.4) is 0 Å². The van der Waals surface area contributed by atoms with Gasteiger partial charge in [-0.2, -0.15) is 0 Å². The van der Waals surface area contributed by atoms with E-state index in [0.29, 0.717) is 0 Å². The van der Waals surface area contributed by atoms with Crippen molar-refractivity contribution in [3.8, 4) is 5.75 Å². The minimum atomic E-state index is -1.38. The van der Waals surface area contributed by atoms with E-state index in [2.05, 4.69) is 4.74 Å². The van der Waals surface area contributed by atoms with Crippen LogP contribution in [0.1, 0.15) is 22.8 Å². The van der Waals surface area contributed by atoms with E-state index in [4.69, 9.17) is 25.8 Å². The molecule has 130 valence electrons. The van der Waals surface area contributed by atoms with Gasteiger partial charge < -0.3 is 24.1 Å². The standard InChI is InChI=1S/C15H15ClO8/c1-8(17)23-6-9-10(16)4-5-11(13(9)14(18)19)24-12(7-21-2)15(20)22-3/h4-5,7H,6H2,1-3H3,(H,18,19)/b12-7+. The van der Waals surface area contributed by atoms with Crippen LogP contribution in [0.4, 0.5) is 0 Å². The molecular weight excluding hydrogens is 344 g/mol. The number of rotatable bonds is 7. The van der Waals surface area contributed by atoms with Crippen molar-refractivity contribution in [3.63, 3.8) is 0 Å². The fourth-order valence-electron chi connectivity index (χ4n) is 1.68. The number of carbonyl (C=O) groups excluding carboxylic acids is 2. The van der Waals surface area contributed by atoms with Gasteiger partial charge in [0, 0.05) is 17.5 Å². The molecule has 0 spiro atoms. The van der Waals surface area contributed by atoms with Crippen LogP contribution in [0.2, 0.25) is 5.02 Å². The molecule has 0 amide bonds. The number of aromatic carboxylic acids is 1. The Kier molecular flexibility index (Phi) is 7.06. The van der Waals surface area contributed by atoms with E-state index in [9.17, 15) is 19.5 Å². The second kappa shape index (κ2) is 8.78. The molecule has 1 aromatic carbocycles. The predicted molar refractivity (Wildman–Crippen MR) is 81.6 cm³/mol. The molecule has 1 aromatic rings. The van der Waals surface area contributed by atoms with Crippen molar-refractivity contribution in [2.45, 2.75) is 13.5 Å². The van der Waals surface area contributed by atoms with Gasteiger partial charge in [-0.05, 0) is 12.1 Å². The van der Waals surface area contributed by atoms with Crippen LogP contribution in [-0.2, 0) is 30.4 Å². The minimum Gasteiger partial charge on any atom is -0.500 e. The highest BCUT2D eigenvalue weighted by atomic mass is 35.5. The van der Waals surface area contributed by atoms with Crippen molar-refractivity contribution in [2.75, 3.05) is 14.2 Å². The lowest BCUT2D eigenvalue weighted by atomic mass is 10.1. The molecule has 0 aliphatic carbocycles. The molecular formula is C15H15ClO8. The highest BCUT2D eigenvalue weighted by molar-refractivity contribution is 6.32. The van der Waals surface area contributed by atoms with Crippen molar-refractivity contribution >= 4 is 29.5 Å². The first kappa shape index (κ1) is 19.3. The van der Waals surface area contributed by atoms with Gasteiger partial charge in [0.1, 0.15) is 24.2 Å². The third-order valence-electron chi connectivity index (χ3n) is 2.68. The summed E-state index contributed by atoms with van der Waals surface area (Å²) in [4.78, 5) is 34.1. The zero-order chi connectivity index (χ0) is 18.3. The molecule has 0 fully saturated rings. The summed E-state index contributed by atoms with van der Waals surface area (Å²) in [6.45, 7) is 0.805. The van der Waals surface area contributed by atoms with Crippen molar-refractivity contribution in [1.29, 1.82) is 0 Å². The van der Waals surface area contributed by atoms with Crippen LogP contribution >= 0.6 is 11.6 Å². The highest BCUT2D eigenvalue weighted by Crippen LogP contribution is 2.31. The number of hydrogen-bond donors (Lipinski definition) is 1. The van der Waals surface area contributed by atoms with Gasteiger partial charge in [-0.25, -0.2) is 9.59 Å². The van der Waals surface area contributed by atoms with E-state index in [1.807, 2.05) is 0 Å². The maximum absolute atomic E-state index is 11.6. The maximum atomic E-state index is 11.6. The Hall–Kier alpha value is -2.74. The van der Waals surface area contributed by atoms with Crippen LogP contribution in [0.25, 0.3) is 0 Å². The van der Waals surface area contributed by atoms with E-state index in [-0.39, 0.29) is 34.3 Å². The van der Waals surface area contributed by atoms with E-state index < -0.39 is 17.9 Å². The normalized spacial score (nSPS) is 10.8. The number of hydrogen-bond acceptors (Lipinski definition) is 7. The summed E-state index contributed by atoms with van der Waals surface area (Å²) in [6.07, 6.45) is 0.956. The van der Waals surface area contributed by atoms with Crippen LogP contribution in [0.15, 0.2) is 24.2 Å². The molecule has 1 rings (SSSR count). The van der Waals surface area contributed by atoms with Crippen molar-refractivity contribution in [3.05, 3.63) is 40.3 Å². The molecule has 24 heavy (non-hydrogen) atoms. The Balaban J connectivity index is 3.34. The van der Waals surface area contributed by atoms with Crippen molar-refractivity contribution < 1.29 is 38.4 Å². The number of esters is 2. The molecule has 0 aliphatic rings. The topological polar surface area (TPSA) is 108 Å². The number of halogens is 1. The second-order valence-electron chi connectivity index (χ2n) is 4.30. The molecule has 0 aromatic heterocycles. The highest BCUT2D eigenvalue weighted by Gasteiger charge is 2.23. The molecule has 0 radical (unpaired) electrons. The lowest BCUT2D eigenvalue weighted by molar-refractivity contribution is -0.142. The Morgan fingerprint density at radius 3 is 2.42 bits per heavy atom. The number of methoxy groups -OCH3 is 2. The maximum Gasteiger partial charge on any atom is 0.377 e. The zero-order valence-corrected chi connectivity index (χ0v) is 13.9. The van der Waals surface area contributed by atoms with E-state index in [0.717, 1.165) is 13.4 Å². The fourth-order valence-corrected chi connectivity index (χ4v) is 1.89. The quantitative estimate of drug-likeness (QED) is 0.448. The molecule has 0 heterocycles. The van der Waals surface area contributed by atoms with Gasteiger partial charge in [-0.15, -0.1) is 0 Å². The first-order valence-corrected chi connectivity index (χ1v) is 6.86. The average Bonchev–Trinajstić information content (AvgIpc) is 2.53.